The molecule has 1 aromatic heterocycles. The minimum atomic E-state index is 0.0893. The van der Waals surface area contributed by atoms with Gasteiger partial charge in [-0.1, -0.05) is 29.4 Å². The number of nitrogens with zero attached hydrogens (tertiary/aromatic N) is 4. The molecule has 0 saturated carbocycles. The quantitative estimate of drug-likeness (QED) is 0.642. The summed E-state index contributed by atoms with van der Waals surface area (Å²) in [4.78, 5) is 0. The number of anilines is 1. The number of aromatic nitrogens is 4. The van der Waals surface area contributed by atoms with Crippen molar-refractivity contribution in [2.24, 2.45) is 0 Å². The standard InChI is InChI=1S/C17H16IN5O/c1-24-14-8-4-12(5-9-14)16-10-15(11-2-6-13(18)7-3-11)19-17-20-21-22-23(16)17/h2-9,15-16H,10H2,1H3,(H,19,20,22). The Kier molecular flexibility index (Phi) is 4.09. The monoisotopic (exact) mass is 433 g/mol. The van der Waals surface area contributed by atoms with Gasteiger partial charge in [0.2, 0.25) is 5.95 Å². The summed E-state index contributed by atoms with van der Waals surface area (Å²) in [5, 5.41) is 15.5. The molecule has 0 bridgehead atoms. The Balaban J connectivity index is 1.69. The molecule has 1 aliphatic rings. The van der Waals surface area contributed by atoms with E-state index < -0.39 is 0 Å². The summed E-state index contributed by atoms with van der Waals surface area (Å²) in [6, 6.07) is 16.9. The number of tetrazole rings is 1. The molecule has 1 aliphatic heterocycles. The highest BCUT2D eigenvalue weighted by atomic mass is 127. The van der Waals surface area contributed by atoms with Crippen molar-refractivity contribution in [2.75, 3.05) is 12.4 Å². The Hall–Kier alpha value is -2.16. The summed E-state index contributed by atoms with van der Waals surface area (Å²) in [7, 11) is 1.67. The Morgan fingerprint density at radius 2 is 1.79 bits per heavy atom. The summed E-state index contributed by atoms with van der Waals surface area (Å²) in [6.07, 6.45) is 0.880. The van der Waals surface area contributed by atoms with Crippen LogP contribution in [0, 0.1) is 3.57 Å². The van der Waals surface area contributed by atoms with E-state index in [0.29, 0.717) is 5.95 Å². The van der Waals surface area contributed by atoms with Crippen molar-refractivity contribution in [1.29, 1.82) is 0 Å². The van der Waals surface area contributed by atoms with E-state index in [1.165, 1.54) is 14.7 Å². The second kappa shape index (κ2) is 6.39. The molecule has 122 valence electrons. The first kappa shape index (κ1) is 15.4. The third kappa shape index (κ3) is 2.83. The second-order valence-corrected chi connectivity index (χ2v) is 6.97. The van der Waals surface area contributed by atoms with Gasteiger partial charge in [-0.25, -0.2) is 4.68 Å². The van der Waals surface area contributed by atoms with Gasteiger partial charge in [-0.05, 0) is 74.8 Å². The van der Waals surface area contributed by atoms with Gasteiger partial charge in [0, 0.05) is 3.57 Å². The van der Waals surface area contributed by atoms with Crippen molar-refractivity contribution in [3.63, 3.8) is 0 Å². The normalized spacial score (nSPS) is 19.4. The van der Waals surface area contributed by atoms with Crippen LogP contribution >= 0.6 is 22.6 Å². The van der Waals surface area contributed by atoms with Crippen molar-refractivity contribution >= 4 is 28.5 Å². The van der Waals surface area contributed by atoms with E-state index in [-0.39, 0.29) is 12.1 Å². The van der Waals surface area contributed by atoms with E-state index in [2.05, 4.69) is 79.8 Å². The molecule has 24 heavy (non-hydrogen) atoms. The summed E-state index contributed by atoms with van der Waals surface area (Å²) < 4.78 is 8.33. The van der Waals surface area contributed by atoms with Crippen LogP contribution in [0.1, 0.15) is 29.6 Å². The van der Waals surface area contributed by atoms with E-state index >= 15 is 0 Å². The fraction of sp³-hybridized carbons (Fsp3) is 0.235. The molecule has 0 amide bonds. The molecular weight excluding hydrogens is 417 g/mol. The first-order valence-corrected chi connectivity index (χ1v) is 8.76. The van der Waals surface area contributed by atoms with Gasteiger partial charge in [0.25, 0.3) is 0 Å². The lowest BCUT2D eigenvalue weighted by atomic mass is 9.93. The molecule has 0 aliphatic carbocycles. The topological polar surface area (TPSA) is 64.9 Å². The number of nitrogens with one attached hydrogen (secondary N) is 1. The van der Waals surface area contributed by atoms with Crippen molar-refractivity contribution in [1.82, 2.24) is 20.2 Å². The van der Waals surface area contributed by atoms with Crippen molar-refractivity contribution in [2.45, 2.75) is 18.5 Å². The second-order valence-electron chi connectivity index (χ2n) is 5.72. The molecule has 2 aromatic carbocycles. The predicted molar refractivity (Wildman–Crippen MR) is 99.1 cm³/mol. The van der Waals surface area contributed by atoms with Gasteiger partial charge in [0.05, 0.1) is 19.2 Å². The number of halogens is 1. The van der Waals surface area contributed by atoms with Crippen LogP contribution in [0.4, 0.5) is 5.95 Å². The van der Waals surface area contributed by atoms with Gasteiger partial charge in [-0.15, -0.1) is 0 Å². The lowest BCUT2D eigenvalue weighted by Gasteiger charge is -2.31. The van der Waals surface area contributed by atoms with Crippen molar-refractivity contribution < 1.29 is 4.74 Å². The smallest absolute Gasteiger partial charge is 0.243 e. The number of fused-ring (bicyclic) bond motifs is 1. The zero-order valence-corrected chi connectivity index (χ0v) is 15.2. The summed E-state index contributed by atoms with van der Waals surface area (Å²) >= 11 is 2.32. The molecule has 0 fully saturated rings. The SMILES string of the molecule is COc1ccc(C2CC(c3ccc(I)cc3)Nc3nnnn32)cc1. The maximum absolute atomic E-state index is 5.25. The lowest BCUT2D eigenvalue weighted by Crippen LogP contribution is -2.28. The van der Waals surface area contributed by atoms with Gasteiger partial charge < -0.3 is 10.1 Å². The zero-order chi connectivity index (χ0) is 16.5. The molecule has 1 N–H and O–H groups in total. The van der Waals surface area contributed by atoms with Gasteiger partial charge >= 0.3 is 0 Å². The van der Waals surface area contributed by atoms with E-state index in [9.17, 15) is 0 Å². The molecule has 6 nitrogen and oxygen atoms in total. The Bertz CT molecular complexity index is 831. The number of rotatable bonds is 3. The lowest BCUT2D eigenvalue weighted by molar-refractivity contribution is 0.410. The highest BCUT2D eigenvalue weighted by Crippen LogP contribution is 2.37. The minimum Gasteiger partial charge on any atom is -0.497 e. The van der Waals surface area contributed by atoms with Crippen LogP contribution in [-0.4, -0.2) is 27.3 Å². The molecule has 0 spiro atoms. The third-order valence-electron chi connectivity index (χ3n) is 4.32. The molecule has 4 rings (SSSR count). The molecule has 2 heterocycles. The number of methoxy groups -OCH3 is 1. The first-order valence-electron chi connectivity index (χ1n) is 7.68. The molecule has 2 unspecified atom stereocenters. The largest absolute Gasteiger partial charge is 0.497 e. The average molecular weight is 433 g/mol. The number of ether oxygens (including phenoxy) is 1. The molecule has 7 heteroatoms. The van der Waals surface area contributed by atoms with Crippen LogP contribution in [0.15, 0.2) is 48.5 Å². The third-order valence-corrected chi connectivity index (χ3v) is 5.04. The van der Waals surface area contributed by atoms with Crippen molar-refractivity contribution in [3.8, 4) is 5.75 Å². The fourth-order valence-corrected chi connectivity index (χ4v) is 3.41. The summed E-state index contributed by atoms with van der Waals surface area (Å²) in [6.45, 7) is 0. The van der Waals surface area contributed by atoms with Crippen LogP contribution < -0.4 is 10.1 Å². The van der Waals surface area contributed by atoms with E-state index in [1.807, 2.05) is 16.8 Å². The van der Waals surface area contributed by atoms with Crippen LogP contribution in [0.25, 0.3) is 0 Å². The van der Waals surface area contributed by atoms with Crippen LogP contribution in [0.2, 0.25) is 0 Å². The maximum Gasteiger partial charge on any atom is 0.243 e. The minimum absolute atomic E-state index is 0.0893. The fourth-order valence-electron chi connectivity index (χ4n) is 3.05. The number of benzene rings is 2. The molecule has 2 atom stereocenters. The van der Waals surface area contributed by atoms with Gasteiger partial charge in [0.15, 0.2) is 0 Å². The van der Waals surface area contributed by atoms with Crippen LogP contribution in [0.5, 0.6) is 5.75 Å². The Morgan fingerprint density at radius 1 is 1.08 bits per heavy atom. The highest BCUT2D eigenvalue weighted by Gasteiger charge is 2.30. The summed E-state index contributed by atoms with van der Waals surface area (Å²) in [5.41, 5.74) is 2.41. The zero-order valence-electron chi connectivity index (χ0n) is 13.1. The first-order chi connectivity index (χ1) is 11.7. The Morgan fingerprint density at radius 3 is 2.50 bits per heavy atom. The maximum atomic E-state index is 5.25. The van der Waals surface area contributed by atoms with Gasteiger partial charge in [0.1, 0.15) is 5.75 Å². The number of hydrogen-bond donors (Lipinski definition) is 1. The van der Waals surface area contributed by atoms with Gasteiger partial charge in [-0.3, -0.25) is 0 Å². The highest BCUT2D eigenvalue weighted by molar-refractivity contribution is 14.1. The average Bonchev–Trinajstić information content (AvgIpc) is 3.10. The van der Waals surface area contributed by atoms with Gasteiger partial charge in [-0.2, -0.15) is 0 Å². The molecule has 0 radical (unpaired) electrons. The molecule has 0 saturated heterocycles. The molecular formula is C17H16IN5O. The van der Waals surface area contributed by atoms with Crippen LogP contribution in [-0.2, 0) is 0 Å². The predicted octanol–water partition coefficient (Wildman–Crippen LogP) is 3.43. The Labute approximate surface area is 153 Å². The van der Waals surface area contributed by atoms with E-state index in [4.69, 9.17) is 4.74 Å². The van der Waals surface area contributed by atoms with Crippen LogP contribution in [0.3, 0.4) is 0 Å². The summed E-state index contributed by atoms with van der Waals surface area (Å²) in [5.74, 6) is 1.55. The molecule has 3 aromatic rings. The van der Waals surface area contributed by atoms with Crippen molar-refractivity contribution in [3.05, 3.63) is 63.2 Å². The number of hydrogen-bond acceptors (Lipinski definition) is 5. The van der Waals surface area contributed by atoms with E-state index in [1.54, 1.807) is 7.11 Å². The van der Waals surface area contributed by atoms with E-state index in [0.717, 1.165) is 12.2 Å².